The lowest BCUT2D eigenvalue weighted by atomic mass is 10.1. The van der Waals surface area contributed by atoms with Gasteiger partial charge in [-0.25, -0.2) is 10.2 Å². The van der Waals surface area contributed by atoms with Crippen LogP contribution in [0.1, 0.15) is 11.1 Å². The molecule has 0 saturated carbocycles. The molecule has 0 saturated heterocycles. The SMILES string of the molecule is Cc1cccc(C)c1OCC(=O)NNC(=O)Nc1cccc(Cl)c1. The van der Waals surface area contributed by atoms with Crippen molar-refractivity contribution in [2.75, 3.05) is 11.9 Å². The summed E-state index contributed by atoms with van der Waals surface area (Å²) in [5, 5.41) is 3.04. The van der Waals surface area contributed by atoms with Gasteiger partial charge in [0.1, 0.15) is 5.75 Å². The average molecular weight is 348 g/mol. The van der Waals surface area contributed by atoms with Crippen LogP contribution in [0.25, 0.3) is 0 Å². The van der Waals surface area contributed by atoms with Gasteiger partial charge in [0.25, 0.3) is 5.91 Å². The van der Waals surface area contributed by atoms with Crippen LogP contribution < -0.4 is 20.9 Å². The van der Waals surface area contributed by atoms with Crippen molar-refractivity contribution in [2.45, 2.75) is 13.8 Å². The minimum Gasteiger partial charge on any atom is -0.483 e. The Bertz CT molecular complexity index is 729. The van der Waals surface area contributed by atoms with Gasteiger partial charge in [-0.05, 0) is 43.2 Å². The van der Waals surface area contributed by atoms with Crippen LogP contribution in [0.3, 0.4) is 0 Å². The molecule has 6 nitrogen and oxygen atoms in total. The third-order valence-electron chi connectivity index (χ3n) is 3.15. The number of hydrogen-bond donors (Lipinski definition) is 3. The summed E-state index contributed by atoms with van der Waals surface area (Å²) in [6, 6.07) is 11.8. The normalized spacial score (nSPS) is 9.96. The first-order valence-corrected chi connectivity index (χ1v) is 7.64. The number of para-hydroxylation sites is 1. The van der Waals surface area contributed by atoms with Gasteiger partial charge in [0.05, 0.1) is 0 Å². The number of aryl methyl sites for hydroxylation is 2. The van der Waals surface area contributed by atoms with Crippen LogP contribution >= 0.6 is 11.6 Å². The standard InChI is InChI=1S/C17H18ClN3O3/c1-11-5-3-6-12(2)16(11)24-10-15(22)20-21-17(23)19-14-8-4-7-13(18)9-14/h3-9H,10H2,1-2H3,(H,20,22)(H2,19,21,23). The molecule has 3 N–H and O–H groups in total. The second-order valence-electron chi connectivity index (χ2n) is 5.15. The van der Waals surface area contributed by atoms with E-state index in [1.165, 1.54) is 0 Å². The Kier molecular flexibility index (Phi) is 6.03. The number of rotatable bonds is 4. The van der Waals surface area contributed by atoms with Crippen LogP contribution in [-0.2, 0) is 4.79 Å². The van der Waals surface area contributed by atoms with Gasteiger partial charge in [-0.15, -0.1) is 0 Å². The molecule has 2 aromatic rings. The quantitative estimate of drug-likeness (QED) is 0.743. The van der Waals surface area contributed by atoms with E-state index in [1.54, 1.807) is 24.3 Å². The van der Waals surface area contributed by atoms with Crippen molar-refractivity contribution < 1.29 is 14.3 Å². The number of anilines is 1. The number of urea groups is 1. The first-order chi connectivity index (χ1) is 11.5. The highest BCUT2D eigenvalue weighted by Gasteiger charge is 2.08. The lowest BCUT2D eigenvalue weighted by molar-refractivity contribution is -0.123. The highest BCUT2D eigenvalue weighted by Crippen LogP contribution is 2.21. The second kappa shape index (κ2) is 8.21. The predicted molar refractivity (Wildman–Crippen MR) is 93.2 cm³/mol. The van der Waals surface area contributed by atoms with Crippen molar-refractivity contribution in [2.24, 2.45) is 0 Å². The number of nitrogens with one attached hydrogen (secondary N) is 3. The van der Waals surface area contributed by atoms with E-state index < -0.39 is 11.9 Å². The Morgan fingerprint density at radius 3 is 2.38 bits per heavy atom. The molecule has 0 heterocycles. The van der Waals surface area contributed by atoms with Crippen LogP contribution in [-0.4, -0.2) is 18.5 Å². The summed E-state index contributed by atoms with van der Waals surface area (Å²) in [7, 11) is 0. The molecule has 0 aromatic heterocycles. The van der Waals surface area contributed by atoms with Crippen molar-refractivity contribution >= 4 is 29.2 Å². The molecule has 0 bridgehead atoms. The zero-order valence-corrected chi connectivity index (χ0v) is 14.1. The van der Waals surface area contributed by atoms with Crippen LogP contribution in [0.15, 0.2) is 42.5 Å². The number of carbonyl (C=O) groups is 2. The Balaban J connectivity index is 1.78. The van der Waals surface area contributed by atoms with E-state index >= 15 is 0 Å². The van der Waals surface area contributed by atoms with E-state index in [9.17, 15) is 9.59 Å². The van der Waals surface area contributed by atoms with E-state index in [4.69, 9.17) is 16.3 Å². The largest absolute Gasteiger partial charge is 0.483 e. The van der Waals surface area contributed by atoms with Crippen molar-refractivity contribution in [3.63, 3.8) is 0 Å². The third kappa shape index (κ3) is 5.17. The first kappa shape index (κ1) is 17.6. The molecular weight excluding hydrogens is 330 g/mol. The summed E-state index contributed by atoms with van der Waals surface area (Å²) >= 11 is 5.82. The monoisotopic (exact) mass is 347 g/mol. The fraction of sp³-hybridized carbons (Fsp3) is 0.176. The third-order valence-corrected chi connectivity index (χ3v) is 3.39. The molecule has 0 aliphatic heterocycles. The number of halogens is 1. The summed E-state index contributed by atoms with van der Waals surface area (Å²) in [5.74, 6) is 0.190. The summed E-state index contributed by atoms with van der Waals surface area (Å²) in [5.41, 5.74) is 6.90. The van der Waals surface area contributed by atoms with Gasteiger partial charge < -0.3 is 10.1 Å². The summed E-state index contributed by atoms with van der Waals surface area (Å²) in [6.07, 6.45) is 0. The predicted octanol–water partition coefficient (Wildman–Crippen LogP) is 3.19. The fourth-order valence-electron chi connectivity index (χ4n) is 2.06. The van der Waals surface area contributed by atoms with Crippen LogP contribution in [0.2, 0.25) is 5.02 Å². The van der Waals surface area contributed by atoms with E-state index in [0.29, 0.717) is 16.5 Å². The highest BCUT2D eigenvalue weighted by molar-refractivity contribution is 6.30. The fourth-order valence-corrected chi connectivity index (χ4v) is 2.25. The van der Waals surface area contributed by atoms with Gasteiger partial charge in [-0.1, -0.05) is 35.9 Å². The maximum absolute atomic E-state index is 11.8. The zero-order chi connectivity index (χ0) is 17.5. The van der Waals surface area contributed by atoms with Gasteiger partial charge in [0.15, 0.2) is 6.61 Å². The van der Waals surface area contributed by atoms with Crippen molar-refractivity contribution in [3.8, 4) is 5.75 Å². The minimum atomic E-state index is -0.585. The Hall–Kier alpha value is -2.73. The topological polar surface area (TPSA) is 79.5 Å². The van der Waals surface area contributed by atoms with Crippen LogP contribution in [0, 0.1) is 13.8 Å². The first-order valence-electron chi connectivity index (χ1n) is 7.26. The van der Waals surface area contributed by atoms with E-state index in [2.05, 4.69) is 16.2 Å². The molecule has 0 aliphatic rings. The van der Waals surface area contributed by atoms with Gasteiger partial charge in [-0.3, -0.25) is 10.2 Å². The highest BCUT2D eigenvalue weighted by atomic mass is 35.5. The molecule has 7 heteroatoms. The number of benzene rings is 2. The molecule has 0 unspecified atom stereocenters. The maximum Gasteiger partial charge on any atom is 0.337 e. The number of carbonyl (C=O) groups excluding carboxylic acids is 2. The van der Waals surface area contributed by atoms with Crippen LogP contribution in [0.5, 0.6) is 5.75 Å². The molecule has 2 aromatic carbocycles. The number of hydrazine groups is 1. The Morgan fingerprint density at radius 2 is 1.71 bits per heavy atom. The molecule has 2 rings (SSSR count). The zero-order valence-electron chi connectivity index (χ0n) is 13.4. The van der Waals surface area contributed by atoms with Gasteiger partial charge in [-0.2, -0.15) is 0 Å². The summed E-state index contributed by atoms with van der Waals surface area (Å²) in [4.78, 5) is 23.4. The molecule has 0 atom stereocenters. The minimum absolute atomic E-state index is 0.205. The molecule has 24 heavy (non-hydrogen) atoms. The summed E-state index contributed by atoms with van der Waals surface area (Å²) < 4.78 is 5.49. The van der Waals surface area contributed by atoms with E-state index in [-0.39, 0.29) is 6.61 Å². The van der Waals surface area contributed by atoms with Crippen molar-refractivity contribution in [3.05, 3.63) is 58.6 Å². The van der Waals surface area contributed by atoms with E-state index in [0.717, 1.165) is 11.1 Å². The number of amides is 3. The lowest BCUT2D eigenvalue weighted by Gasteiger charge is -2.12. The van der Waals surface area contributed by atoms with Crippen molar-refractivity contribution in [1.82, 2.24) is 10.9 Å². The Morgan fingerprint density at radius 1 is 1.04 bits per heavy atom. The molecule has 0 aliphatic carbocycles. The molecule has 0 radical (unpaired) electrons. The molecule has 3 amide bonds. The van der Waals surface area contributed by atoms with E-state index in [1.807, 2.05) is 32.0 Å². The van der Waals surface area contributed by atoms with Gasteiger partial charge in [0, 0.05) is 10.7 Å². The summed E-state index contributed by atoms with van der Waals surface area (Å²) in [6.45, 7) is 3.59. The smallest absolute Gasteiger partial charge is 0.337 e. The lowest BCUT2D eigenvalue weighted by Crippen LogP contribution is -2.45. The molecule has 0 fully saturated rings. The Labute approximate surface area is 145 Å². The molecular formula is C17H18ClN3O3. The van der Waals surface area contributed by atoms with Gasteiger partial charge in [0.2, 0.25) is 0 Å². The number of hydrogen-bond acceptors (Lipinski definition) is 3. The van der Waals surface area contributed by atoms with Gasteiger partial charge >= 0.3 is 6.03 Å². The molecule has 126 valence electrons. The van der Waals surface area contributed by atoms with Crippen LogP contribution in [0.4, 0.5) is 10.5 Å². The number of ether oxygens (including phenoxy) is 1. The average Bonchev–Trinajstić information content (AvgIpc) is 2.52. The second-order valence-corrected chi connectivity index (χ2v) is 5.58. The maximum atomic E-state index is 11.8. The molecule has 0 spiro atoms. The van der Waals surface area contributed by atoms with Crippen molar-refractivity contribution in [1.29, 1.82) is 0 Å².